The summed E-state index contributed by atoms with van der Waals surface area (Å²) in [6.45, 7) is 5.14. The molecule has 0 saturated heterocycles. The highest BCUT2D eigenvalue weighted by atomic mass is 16.5. The van der Waals surface area contributed by atoms with Crippen molar-refractivity contribution in [2.75, 3.05) is 14.2 Å². The minimum atomic E-state index is -0.00873. The zero-order valence-electron chi connectivity index (χ0n) is 10.3. The molecule has 0 saturated carbocycles. The van der Waals surface area contributed by atoms with Gasteiger partial charge < -0.3 is 9.47 Å². The number of Topliss-reactive ketones (excluding diaryl/α,β-unsaturated/α-hetero) is 1. The van der Waals surface area contributed by atoms with E-state index >= 15 is 0 Å². The van der Waals surface area contributed by atoms with E-state index in [4.69, 9.17) is 9.47 Å². The molecule has 17 heavy (non-hydrogen) atoms. The molecule has 5 nitrogen and oxygen atoms in total. The van der Waals surface area contributed by atoms with Gasteiger partial charge in [-0.15, -0.1) is 6.58 Å². The standard InChI is InChI=1S/C12H16N2O3/c1-5-6-9-11(16-3)13-10(7-8(2)15)14-12(9)17-4/h5H,1,6-7H2,2-4H3. The van der Waals surface area contributed by atoms with Gasteiger partial charge in [0.2, 0.25) is 11.8 Å². The molecule has 0 amide bonds. The van der Waals surface area contributed by atoms with Crippen molar-refractivity contribution in [2.45, 2.75) is 19.8 Å². The third-order valence-corrected chi connectivity index (χ3v) is 2.12. The maximum absolute atomic E-state index is 11.0. The Balaban J connectivity index is 3.22. The van der Waals surface area contributed by atoms with Crippen molar-refractivity contribution in [3.8, 4) is 11.8 Å². The minimum absolute atomic E-state index is 0.00873. The molecular formula is C12H16N2O3. The van der Waals surface area contributed by atoms with Crippen molar-refractivity contribution < 1.29 is 14.3 Å². The Morgan fingerprint density at radius 3 is 2.18 bits per heavy atom. The van der Waals surface area contributed by atoms with Gasteiger partial charge in [0, 0.05) is 6.42 Å². The molecule has 0 radical (unpaired) electrons. The summed E-state index contributed by atoms with van der Waals surface area (Å²) in [6.07, 6.45) is 2.43. The van der Waals surface area contributed by atoms with Gasteiger partial charge in [-0.3, -0.25) is 4.79 Å². The zero-order valence-corrected chi connectivity index (χ0v) is 10.3. The maximum atomic E-state index is 11.0. The van der Waals surface area contributed by atoms with Gasteiger partial charge in [-0.25, -0.2) is 0 Å². The van der Waals surface area contributed by atoms with Crippen molar-refractivity contribution >= 4 is 5.78 Å². The monoisotopic (exact) mass is 236 g/mol. The topological polar surface area (TPSA) is 61.3 Å². The highest BCUT2D eigenvalue weighted by Crippen LogP contribution is 2.25. The van der Waals surface area contributed by atoms with E-state index in [9.17, 15) is 4.79 Å². The van der Waals surface area contributed by atoms with Crippen LogP contribution >= 0.6 is 0 Å². The average molecular weight is 236 g/mol. The molecule has 0 aliphatic carbocycles. The van der Waals surface area contributed by atoms with Crippen LogP contribution in [0, 0.1) is 0 Å². The van der Waals surface area contributed by atoms with Crippen molar-refractivity contribution in [3.63, 3.8) is 0 Å². The van der Waals surface area contributed by atoms with Crippen LogP contribution in [-0.2, 0) is 17.6 Å². The molecule has 0 atom stereocenters. The van der Waals surface area contributed by atoms with Crippen LogP contribution in [0.15, 0.2) is 12.7 Å². The lowest BCUT2D eigenvalue weighted by Gasteiger charge is -2.11. The molecule has 92 valence electrons. The third kappa shape index (κ3) is 3.27. The molecule has 0 unspecified atom stereocenters. The number of hydrogen-bond donors (Lipinski definition) is 0. The summed E-state index contributed by atoms with van der Waals surface area (Å²) in [7, 11) is 3.04. The minimum Gasteiger partial charge on any atom is -0.481 e. The van der Waals surface area contributed by atoms with Crippen LogP contribution in [0.4, 0.5) is 0 Å². The molecular weight excluding hydrogens is 220 g/mol. The Bertz CT molecular complexity index is 405. The average Bonchev–Trinajstić information content (AvgIpc) is 2.30. The molecule has 0 aliphatic rings. The van der Waals surface area contributed by atoms with Crippen LogP contribution in [0.1, 0.15) is 18.3 Å². The largest absolute Gasteiger partial charge is 0.481 e. The quantitative estimate of drug-likeness (QED) is 0.698. The van der Waals surface area contributed by atoms with Gasteiger partial charge >= 0.3 is 0 Å². The second-order valence-corrected chi connectivity index (χ2v) is 3.51. The number of allylic oxidation sites excluding steroid dienone is 1. The van der Waals surface area contributed by atoms with E-state index < -0.39 is 0 Å². The fraction of sp³-hybridized carbons (Fsp3) is 0.417. The van der Waals surface area contributed by atoms with Crippen LogP contribution in [0.5, 0.6) is 11.8 Å². The van der Waals surface area contributed by atoms with Gasteiger partial charge in [0.05, 0.1) is 26.2 Å². The van der Waals surface area contributed by atoms with Crippen LogP contribution in [0.25, 0.3) is 0 Å². The lowest BCUT2D eigenvalue weighted by molar-refractivity contribution is -0.116. The Kier molecular flexibility index (Phi) is 4.63. The summed E-state index contributed by atoms with van der Waals surface area (Å²) in [4.78, 5) is 19.4. The van der Waals surface area contributed by atoms with Gasteiger partial charge in [-0.2, -0.15) is 9.97 Å². The number of carbonyl (C=O) groups is 1. The molecule has 0 bridgehead atoms. The van der Waals surface area contributed by atoms with Crippen molar-refractivity contribution in [3.05, 3.63) is 24.0 Å². The third-order valence-electron chi connectivity index (χ3n) is 2.12. The number of nitrogens with zero attached hydrogens (tertiary/aromatic N) is 2. The first kappa shape index (κ1) is 13.2. The van der Waals surface area contributed by atoms with Gasteiger partial charge in [0.1, 0.15) is 11.6 Å². The van der Waals surface area contributed by atoms with E-state index in [0.29, 0.717) is 24.0 Å². The summed E-state index contributed by atoms with van der Waals surface area (Å²) < 4.78 is 10.3. The number of hydrogen-bond acceptors (Lipinski definition) is 5. The summed E-state index contributed by atoms with van der Waals surface area (Å²) in [5.41, 5.74) is 0.734. The molecule has 1 heterocycles. The van der Waals surface area contributed by atoms with E-state index in [0.717, 1.165) is 5.56 Å². The summed E-state index contributed by atoms with van der Waals surface area (Å²) >= 11 is 0. The van der Waals surface area contributed by atoms with E-state index in [2.05, 4.69) is 16.5 Å². The Morgan fingerprint density at radius 2 is 1.82 bits per heavy atom. The highest BCUT2D eigenvalue weighted by Gasteiger charge is 2.15. The van der Waals surface area contributed by atoms with Crippen molar-refractivity contribution in [2.24, 2.45) is 0 Å². The number of ketones is 1. The van der Waals surface area contributed by atoms with Crippen LogP contribution < -0.4 is 9.47 Å². The SMILES string of the molecule is C=CCc1c(OC)nc(CC(C)=O)nc1OC. The number of rotatable bonds is 6. The molecule has 5 heteroatoms. The van der Waals surface area contributed by atoms with Gasteiger partial charge in [0.25, 0.3) is 0 Å². The molecule has 0 spiro atoms. The number of ether oxygens (including phenoxy) is 2. The van der Waals surface area contributed by atoms with E-state index in [1.807, 2.05) is 0 Å². The molecule has 0 aromatic carbocycles. The highest BCUT2D eigenvalue weighted by molar-refractivity contribution is 5.77. The predicted octanol–water partition coefficient (Wildman–Crippen LogP) is 1.35. The lowest BCUT2D eigenvalue weighted by atomic mass is 10.2. The Labute approximate surface area is 100 Å². The molecule has 0 fully saturated rings. The number of methoxy groups -OCH3 is 2. The molecule has 0 N–H and O–H groups in total. The number of aromatic nitrogens is 2. The van der Waals surface area contributed by atoms with Crippen molar-refractivity contribution in [1.29, 1.82) is 0 Å². The predicted molar refractivity (Wildman–Crippen MR) is 63.4 cm³/mol. The molecule has 0 aliphatic heterocycles. The fourth-order valence-corrected chi connectivity index (χ4v) is 1.44. The lowest BCUT2D eigenvalue weighted by Crippen LogP contribution is -2.08. The molecule has 1 rings (SSSR count). The second kappa shape index (κ2) is 5.98. The first-order chi connectivity index (χ1) is 8.12. The summed E-state index contributed by atoms with van der Waals surface area (Å²) in [5, 5.41) is 0. The van der Waals surface area contributed by atoms with E-state index in [-0.39, 0.29) is 12.2 Å². The fourth-order valence-electron chi connectivity index (χ4n) is 1.44. The van der Waals surface area contributed by atoms with Crippen LogP contribution in [0.3, 0.4) is 0 Å². The van der Waals surface area contributed by atoms with Crippen LogP contribution in [0.2, 0.25) is 0 Å². The smallest absolute Gasteiger partial charge is 0.223 e. The van der Waals surface area contributed by atoms with E-state index in [1.165, 1.54) is 21.1 Å². The normalized spacial score (nSPS) is 9.82. The Morgan fingerprint density at radius 1 is 1.29 bits per heavy atom. The zero-order chi connectivity index (χ0) is 12.8. The van der Waals surface area contributed by atoms with Gasteiger partial charge in [0.15, 0.2) is 0 Å². The second-order valence-electron chi connectivity index (χ2n) is 3.51. The first-order valence-electron chi connectivity index (χ1n) is 5.20. The van der Waals surface area contributed by atoms with Gasteiger partial charge in [-0.05, 0) is 6.92 Å². The summed E-state index contributed by atoms with van der Waals surface area (Å²) in [5.74, 6) is 1.24. The molecule has 1 aromatic rings. The van der Waals surface area contributed by atoms with Gasteiger partial charge in [-0.1, -0.05) is 6.08 Å². The Hall–Kier alpha value is -1.91. The first-order valence-corrected chi connectivity index (χ1v) is 5.20. The molecule has 1 aromatic heterocycles. The maximum Gasteiger partial charge on any atom is 0.223 e. The number of carbonyl (C=O) groups excluding carboxylic acids is 1. The van der Waals surface area contributed by atoms with E-state index in [1.54, 1.807) is 6.08 Å². The van der Waals surface area contributed by atoms with Crippen LogP contribution in [-0.4, -0.2) is 30.0 Å². The van der Waals surface area contributed by atoms with Crippen molar-refractivity contribution in [1.82, 2.24) is 9.97 Å². The summed E-state index contributed by atoms with van der Waals surface area (Å²) in [6, 6.07) is 0.